The van der Waals surface area contributed by atoms with Crippen molar-refractivity contribution in [2.24, 2.45) is 7.05 Å². The van der Waals surface area contributed by atoms with Gasteiger partial charge in [-0.2, -0.15) is 0 Å². The van der Waals surface area contributed by atoms with E-state index in [-0.39, 0.29) is 29.9 Å². The molecule has 0 bridgehead atoms. The lowest BCUT2D eigenvalue weighted by molar-refractivity contribution is -0.664. The number of carbonyl (C=O) groups excluding carboxylic acids is 1. The molecule has 0 radical (unpaired) electrons. The Morgan fingerprint density at radius 1 is 1.32 bits per heavy atom. The van der Waals surface area contributed by atoms with Crippen LogP contribution in [0.2, 0.25) is 0 Å². The standard InChI is InChI=1S/C21H26N3O2S.HI/c1-4-23-12-13-27-19(23)9-7-15-10-11-24-17-8-6-16(21(25)26-5-2)14-18(17)22(3)20(15)24;/h6-9,14H,4-5,10-13H2,1-3H3;1H/q+1;/p-1. The van der Waals surface area contributed by atoms with Crippen LogP contribution in [0.1, 0.15) is 36.5 Å². The third kappa shape index (κ3) is 3.70. The molecule has 5 nitrogen and oxygen atoms in total. The largest absolute Gasteiger partial charge is 1.00 e. The smallest absolute Gasteiger partial charge is 0.338 e. The summed E-state index contributed by atoms with van der Waals surface area (Å²) in [7, 11) is 2.08. The van der Waals surface area contributed by atoms with Crippen LogP contribution in [0.15, 0.2) is 35.4 Å². The molecular formula is C21H26IN3O2S. The Hall–Kier alpha value is -1.48. The number of carbonyl (C=O) groups is 1. The van der Waals surface area contributed by atoms with Crippen molar-refractivity contribution in [2.45, 2.75) is 26.8 Å². The maximum absolute atomic E-state index is 12.1. The van der Waals surface area contributed by atoms with Crippen molar-refractivity contribution in [2.75, 3.05) is 25.4 Å². The number of rotatable bonds is 4. The Balaban J connectivity index is 0.00000225. The minimum atomic E-state index is -0.260. The minimum Gasteiger partial charge on any atom is -1.00 e. The second kappa shape index (κ2) is 8.90. The molecule has 0 aliphatic carbocycles. The highest BCUT2D eigenvalue weighted by Gasteiger charge is 2.31. The van der Waals surface area contributed by atoms with Gasteiger partial charge >= 0.3 is 5.97 Å². The molecule has 1 aromatic carbocycles. The highest BCUT2D eigenvalue weighted by Crippen LogP contribution is 2.30. The van der Waals surface area contributed by atoms with Crippen LogP contribution >= 0.6 is 11.8 Å². The van der Waals surface area contributed by atoms with Gasteiger partial charge in [0, 0.05) is 36.9 Å². The molecule has 2 aliphatic heterocycles. The van der Waals surface area contributed by atoms with E-state index < -0.39 is 0 Å². The zero-order chi connectivity index (χ0) is 19.0. The van der Waals surface area contributed by atoms with Crippen LogP contribution in [0.5, 0.6) is 0 Å². The van der Waals surface area contributed by atoms with E-state index in [4.69, 9.17) is 4.74 Å². The first kappa shape index (κ1) is 21.2. The van der Waals surface area contributed by atoms with Crippen molar-refractivity contribution in [3.63, 3.8) is 0 Å². The number of nitrogens with zero attached hydrogens (tertiary/aromatic N) is 3. The molecule has 0 amide bonds. The van der Waals surface area contributed by atoms with Gasteiger partial charge in [-0.25, -0.2) is 13.9 Å². The van der Waals surface area contributed by atoms with E-state index in [1.165, 1.54) is 27.7 Å². The van der Waals surface area contributed by atoms with E-state index in [0.717, 1.165) is 31.6 Å². The number of halogens is 1. The van der Waals surface area contributed by atoms with E-state index in [9.17, 15) is 4.79 Å². The Bertz CT molecular complexity index is 964. The molecule has 0 N–H and O–H groups in total. The highest BCUT2D eigenvalue weighted by atomic mass is 127. The first-order chi connectivity index (χ1) is 13.1. The average Bonchev–Trinajstić information content (AvgIpc) is 3.37. The van der Waals surface area contributed by atoms with Gasteiger partial charge in [0.15, 0.2) is 11.0 Å². The number of aromatic nitrogens is 2. The number of hydrogen-bond acceptors (Lipinski definition) is 4. The Morgan fingerprint density at radius 2 is 2.14 bits per heavy atom. The molecule has 7 heteroatoms. The number of esters is 1. The third-order valence-corrected chi connectivity index (χ3v) is 6.41. The van der Waals surface area contributed by atoms with Gasteiger partial charge in [-0.3, -0.25) is 0 Å². The predicted molar refractivity (Wildman–Crippen MR) is 109 cm³/mol. The van der Waals surface area contributed by atoms with Crippen LogP contribution in [-0.4, -0.2) is 40.9 Å². The summed E-state index contributed by atoms with van der Waals surface area (Å²) in [4.78, 5) is 14.5. The average molecular weight is 511 g/mol. The number of ether oxygens (including phenoxy) is 1. The van der Waals surface area contributed by atoms with E-state index in [1.807, 2.05) is 36.9 Å². The van der Waals surface area contributed by atoms with Crippen LogP contribution in [-0.2, 0) is 18.3 Å². The van der Waals surface area contributed by atoms with Gasteiger partial charge in [0.1, 0.15) is 0 Å². The molecule has 28 heavy (non-hydrogen) atoms. The van der Waals surface area contributed by atoms with E-state index in [0.29, 0.717) is 12.2 Å². The van der Waals surface area contributed by atoms with Gasteiger partial charge in [0.2, 0.25) is 0 Å². The van der Waals surface area contributed by atoms with E-state index in [2.05, 4.69) is 40.2 Å². The summed E-state index contributed by atoms with van der Waals surface area (Å²) in [6, 6.07) is 5.85. The maximum Gasteiger partial charge on any atom is 0.338 e. The van der Waals surface area contributed by atoms with Crippen LogP contribution in [0, 0.1) is 0 Å². The zero-order valence-electron chi connectivity index (χ0n) is 16.6. The molecule has 4 rings (SSSR count). The van der Waals surface area contributed by atoms with Crippen molar-refractivity contribution >= 4 is 34.3 Å². The molecule has 1 aromatic heterocycles. The van der Waals surface area contributed by atoms with Gasteiger partial charge in [-0.05, 0) is 38.1 Å². The van der Waals surface area contributed by atoms with Crippen molar-refractivity contribution in [3.8, 4) is 0 Å². The van der Waals surface area contributed by atoms with Gasteiger partial charge in [0.25, 0.3) is 5.82 Å². The van der Waals surface area contributed by atoms with Crippen LogP contribution < -0.4 is 28.5 Å². The maximum atomic E-state index is 12.1. The lowest BCUT2D eigenvalue weighted by atomic mass is 10.2. The molecule has 0 saturated carbocycles. The van der Waals surface area contributed by atoms with Crippen LogP contribution in [0.4, 0.5) is 0 Å². The summed E-state index contributed by atoms with van der Waals surface area (Å²) >= 11 is 1.94. The summed E-state index contributed by atoms with van der Waals surface area (Å²) < 4.78 is 9.71. The first-order valence-corrected chi connectivity index (χ1v) is 10.6. The summed E-state index contributed by atoms with van der Waals surface area (Å²) in [5.41, 5.74) is 4.20. The number of benzene rings is 1. The Morgan fingerprint density at radius 3 is 2.89 bits per heavy atom. The molecule has 3 heterocycles. The summed E-state index contributed by atoms with van der Waals surface area (Å²) in [6.45, 7) is 7.61. The molecule has 1 saturated heterocycles. The molecule has 2 aromatic rings. The normalized spacial score (nSPS) is 18.8. The van der Waals surface area contributed by atoms with Gasteiger partial charge in [-0.15, -0.1) is 11.8 Å². The molecule has 1 fully saturated rings. The predicted octanol–water partition coefficient (Wildman–Crippen LogP) is 0.344. The fraction of sp³-hybridized carbons (Fsp3) is 0.429. The fourth-order valence-corrected chi connectivity index (χ4v) is 5.08. The second-order valence-corrected chi connectivity index (χ2v) is 7.95. The number of hydrogen-bond donors (Lipinski definition) is 0. The quantitative estimate of drug-likeness (QED) is 0.338. The number of aryl methyl sites for hydroxylation is 2. The van der Waals surface area contributed by atoms with Gasteiger partial charge < -0.3 is 33.6 Å². The topological polar surface area (TPSA) is 38.4 Å². The Labute approximate surface area is 187 Å². The third-order valence-electron chi connectivity index (χ3n) is 5.34. The molecule has 150 valence electrons. The SMILES string of the molecule is CCOC(=O)c1ccc2c(c1)n(C)c1[n+]2CCC1=CC=C1SCCN1CC.[I-]. The molecule has 0 spiro atoms. The number of imidazole rings is 1. The minimum absolute atomic E-state index is 0. The molecule has 0 atom stereocenters. The first-order valence-electron chi connectivity index (χ1n) is 9.62. The summed E-state index contributed by atoms with van der Waals surface area (Å²) in [5.74, 6) is 2.14. The Kier molecular flexibility index (Phi) is 6.75. The monoisotopic (exact) mass is 511 g/mol. The number of thioether (sulfide) groups is 1. The van der Waals surface area contributed by atoms with Crippen molar-refractivity contribution in [1.82, 2.24) is 9.47 Å². The van der Waals surface area contributed by atoms with E-state index >= 15 is 0 Å². The summed E-state index contributed by atoms with van der Waals surface area (Å²) in [5, 5.41) is 1.37. The lowest BCUT2D eigenvalue weighted by Gasteiger charge is -2.15. The van der Waals surface area contributed by atoms with Crippen molar-refractivity contribution in [3.05, 3.63) is 46.8 Å². The van der Waals surface area contributed by atoms with Crippen LogP contribution in [0.25, 0.3) is 16.6 Å². The lowest BCUT2D eigenvalue weighted by Crippen LogP contribution is -3.00. The van der Waals surface area contributed by atoms with Gasteiger partial charge in [0.05, 0.1) is 30.8 Å². The van der Waals surface area contributed by atoms with Crippen molar-refractivity contribution in [1.29, 1.82) is 0 Å². The molecule has 0 unspecified atom stereocenters. The number of fused-ring (bicyclic) bond motifs is 3. The number of allylic oxidation sites excluding steroid dienone is 3. The zero-order valence-corrected chi connectivity index (χ0v) is 19.5. The second-order valence-electron chi connectivity index (χ2n) is 6.83. The summed E-state index contributed by atoms with van der Waals surface area (Å²) in [6.07, 6.45) is 5.59. The van der Waals surface area contributed by atoms with Crippen LogP contribution in [0.3, 0.4) is 0 Å². The molecular weight excluding hydrogens is 485 g/mol. The highest BCUT2D eigenvalue weighted by molar-refractivity contribution is 8.03. The van der Waals surface area contributed by atoms with E-state index in [1.54, 1.807) is 0 Å². The fourth-order valence-electron chi connectivity index (χ4n) is 3.99. The molecule has 2 aliphatic rings. The van der Waals surface area contributed by atoms with Gasteiger partial charge in [-0.1, -0.05) is 0 Å². The van der Waals surface area contributed by atoms with Crippen molar-refractivity contribution < 1.29 is 38.1 Å².